The van der Waals surface area contributed by atoms with E-state index in [0.29, 0.717) is 11.4 Å². The standard InChI is InChI=1S/C12H14N4OS/c1-8-10(18-12(13-2)16-8)11(17)15-7-9-5-3-4-6-14-9/h3-6H,7H2,1-2H3,(H,13,16)(H,15,17). The molecule has 0 saturated carbocycles. The summed E-state index contributed by atoms with van der Waals surface area (Å²) < 4.78 is 0. The van der Waals surface area contributed by atoms with Crippen molar-refractivity contribution in [2.75, 3.05) is 12.4 Å². The number of pyridine rings is 1. The van der Waals surface area contributed by atoms with Gasteiger partial charge in [-0.25, -0.2) is 4.98 Å². The van der Waals surface area contributed by atoms with Crippen LogP contribution in [0.5, 0.6) is 0 Å². The molecule has 0 atom stereocenters. The van der Waals surface area contributed by atoms with Crippen molar-refractivity contribution in [1.29, 1.82) is 0 Å². The molecule has 1 amide bonds. The number of hydrogen-bond acceptors (Lipinski definition) is 5. The van der Waals surface area contributed by atoms with Gasteiger partial charge >= 0.3 is 0 Å². The summed E-state index contributed by atoms with van der Waals surface area (Å²) in [7, 11) is 1.79. The number of carbonyl (C=O) groups is 1. The van der Waals surface area contributed by atoms with Gasteiger partial charge in [-0.2, -0.15) is 0 Å². The van der Waals surface area contributed by atoms with Crippen LogP contribution in [0.4, 0.5) is 5.13 Å². The summed E-state index contributed by atoms with van der Waals surface area (Å²) in [5.41, 5.74) is 1.57. The SMILES string of the molecule is CNc1nc(C)c(C(=O)NCc2ccccn2)s1. The van der Waals surface area contributed by atoms with Crippen LogP contribution in [0, 0.1) is 6.92 Å². The average molecular weight is 262 g/mol. The molecule has 0 unspecified atom stereocenters. The number of rotatable bonds is 4. The molecule has 0 bridgehead atoms. The molecule has 0 spiro atoms. The first-order valence-electron chi connectivity index (χ1n) is 5.54. The van der Waals surface area contributed by atoms with Gasteiger partial charge in [0.25, 0.3) is 5.91 Å². The predicted molar refractivity (Wildman–Crippen MR) is 71.8 cm³/mol. The molecule has 0 saturated heterocycles. The highest BCUT2D eigenvalue weighted by Gasteiger charge is 2.14. The Bertz CT molecular complexity index is 538. The van der Waals surface area contributed by atoms with Crippen molar-refractivity contribution in [2.45, 2.75) is 13.5 Å². The third-order valence-corrected chi connectivity index (χ3v) is 3.55. The van der Waals surface area contributed by atoms with Gasteiger partial charge < -0.3 is 10.6 Å². The van der Waals surface area contributed by atoms with E-state index in [2.05, 4.69) is 20.6 Å². The first kappa shape index (κ1) is 12.5. The number of hydrogen-bond donors (Lipinski definition) is 2. The third kappa shape index (κ3) is 2.84. The second kappa shape index (κ2) is 5.59. The summed E-state index contributed by atoms with van der Waals surface area (Å²) >= 11 is 1.35. The first-order chi connectivity index (χ1) is 8.70. The van der Waals surface area contributed by atoms with Crippen LogP contribution in [0.15, 0.2) is 24.4 Å². The van der Waals surface area contributed by atoms with E-state index >= 15 is 0 Å². The van der Waals surface area contributed by atoms with Crippen LogP contribution < -0.4 is 10.6 Å². The lowest BCUT2D eigenvalue weighted by atomic mass is 10.3. The van der Waals surface area contributed by atoms with Crippen LogP contribution in [0.2, 0.25) is 0 Å². The van der Waals surface area contributed by atoms with E-state index in [-0.39, 0.29) is 5.91 Å². The summed E-state index contributed by atoms with van der Waals surface area (Å²) in [6.07, 6.45) is 1.71. The minimum Gasteiger partial charge on any atom is -0.365 e. The quantitative estimate of drug-likeness (QED) is 0.882. The topological polar surface area (TPSA) is 66.9 Å². The number of nitrogens with one attached hydrogen (secondary N) is 2. The van der Waals surface area contributed by atoms with Crippen LogP contribution in [0.25, 0.3) is 0 Å². The number of carbonyl (C=O) groups excluding carboxylic acids is 1. The van der Waals surface area contributed by atoms with E-state index in [4.69, 9.17) is 0 Å². The van der Waals surface area contributed by atoms with Gasteiger partial charge in [-0.05, 0) is 19.1 Å². The zero-order valence-electron chi connectivity index (χ0n) is 10.2. The molecule has 6 heteroatoms. The molecule has 94 valence electrons. The zero-order valence-corrected chi connectivity index (χ0v) is 11.0. The lowest BCUT2D eigenvalue weighted by Gasteiger charge is -2.02. The molecule has 2 aromatic rings. The highest BCUT2D eigenvalue weighted by atomic mass is 32.1. The fourth-order valence-electron chi connectivity index (χ4n) is 1.47. The lowest BCUT2D eigenvalue weighted by Crippen LogP contribution is -2.23. The van der Waals surface area contributed by atoms with Crippen molar-refractivity contribution in [3.63, 3.8) is 0 Å². The molecule has 0 aliphatic carbocycles. The van der Waals surface area contributed by atoms with Crippen molar-refractivity contribution in [1.82, 2.24) is 15.3 Å². The van der Waals surface area contributed by atoms with E-state index in [1.165, 1.54) is 11.3 Å². The van der Waals surface area contributed by atoms with Crippen molar-refractivity contribution in [3.8, 4) is 0 Å². The maximum atomic E-state index is 12.0. The molecule has 0 aromatic carbocycles. The fraction of sp³-hybridized carbons (Fsp3) is 0.250. The average Bonchev–Trinajstić information content (AvgIpc) is 2.78. The van der Waals surface area contributed by atoms with Crippen LogP contribution >= 0.6 is 11.3 Å². The number of nitrogens with zero attached hydrogens (tertiary/aromatic N) is 2. The lowest BCUT2D eigenvalue weighted by molar-refractivity contribution is 0.0953. The zero-order chi connectivity index (χ0) is 13.0. The third-order valence-electron chi connectivity index (χ3n) is 2.37. The van der Waals surface area contributed by atoms with Crippen LogP contribution in [0.1, 0.15) is 21.1 Å². The molecule has 2 aromatic heterocycles. The Morgan fingerprint density at radius 3 is 2.89 bits per heavy atom. The van der Waals surface area contributed by atoms with Gasteiger partial charge in [0.1, 0.15) is 4.88 Å². The molecule has 0 radical (unpaired) electrons. The number of aryl methyl sites for hydroxylation is 1. The van der Waals surface area contributed by atoms with Gasteiger partial charge in [-0.1, -0.05) is 17.4 Å². The van der Waals surface area contributed by atoms with Crippen LogP contribution in [0.3, 0.4) is 0 Å². The smallest absolute Gasteiger partial charge is 0.263 e. The summed E-state index contributed by atoms with van der Waals surface area (Å²) in [5.74, 6) is -0.114. The molecular weight excluding hydrogens is 248 g/mol. The maximum Gasteiger partial charge on any atom is 0.263 e. The highest BCUT2D eigenvalue weighted by molar-refractivity contribution is 7.17. The number of aromatic nitrogens is 2. The van der Waals surface area contributed by atoms with Crippen LogP contribution in [-0.2, 0) is 6.54 Å². The van der Waals surface area contributed by atoms with Crippen LogP contribution in [-0.4, -0.2) is 22.9 Å². The molecule has 2 N–H and O–H groups in total. The summed E-state index contributed by atoms with van der Waals surface area (Å²) in [4.78, 5) is 21.0. The highest BCUT2D eigenvalue weighted by Crippen LogP contribution is 2.21. The van der Waals surface area contributed by atoms with E-state index in [1.807, 2.05) is 25.1 Å². The molecule has 2 heterocycles. The molecular formula is C12H14N4OS. The van der Waals surface area contributed by atoms with Crippen molar-refractivity contribution in [2.24, 2.45) is 0 Å². The monoisotopic (exact) mass is 262 g/mol. The van der Waals surface area contributed by atoms with E-state index in [1.54, 1.807) is 13.2 Å². The van der Waals surface area contributed by atoms with Gasteiger partial charge in [-0.15, -0.1) is 0 Å². The largest absolute Gasteiger partial charge is 0.365 e. The number of anilines is 1. The van der Waals surface area contributed by atoms with E-state index in [0.717, 1.165) is 16.5 Å². The Hall–Kier alpha value is -1.95. The Balaban J connectivity index is 2.01. The summed E-state index contributed by atoms with van der Waals surface area (Å²) in [5, 5.41) is 6.51. The van der Waals surface area contributed by atoms with Crippen molar-refractivity contribution < 1.29 is 4.79 Å². The Kier molecular flexibility index (Phi) is 3.88. The van der Waals surface area contributed by atoms with Gasteiger partial charge in [0.05, 0.1) is 17.9 Å². The number of amides is 1. The van der Waals surface area contributed by atoms with Crippen molar-refractivity contribution in [3.05, 3.63) is 40.7 Å². The Morgan fingerprint density at radius 2 is 2.28 bits per heavy atom. The molecule has 5 nitrogen and oxygen atoms in total. The summed E-state index contributed by atoms with van der Waals surface area (Å²) in [6.45, 7) is 2.25. The molecule has 0 aliphatic rings. The normalized spacial score (nSPS) is 10.1. The Morgan fingerprint density at radius 1 is 1.44 bits per heavy atom. The van der Waals surface area contributed by atoms with E-state index in [9.17, 15) is 4.79 Å². The first-order valence-corrected chi connectivity index (χ1v) is 6.35. The fourth-order valence-corrected chi connectivity index (χ4v) is 2.30. The molecule has 18 heavy (non-hydrogen) atoms. The van der Waals surface area contributed by atoms with Gasteiger partial charge in [-0.3, -0.25) is 9.78 Å². The molecule has 0 aliphatic heterocycles. The van der Waals surface area contributed by atoms with E-state index < -0.39 is 0 Å². The predicted octanol–water partition coefficient (Wildman–Crippen LogP) is 1.82. The van der Waals surface area contributed by atoms with Gasteiger partial charge in [0.15, 0.2) is 5.13 Å². The Labute approximate surface area is 109 Å². The van der Waals surface area contributed by atoms with Gasteiger partial charge in [0, 0.05) is 13.2 Å². The van der Waals surface area contributed by atoms with Gasteiger partial charge in [0.2, 0.25) is 0 Å². The molecule has 2 rings (SSSR count). The minimum absolute atomic E-state index is 0.114. The maximum absolute atomic E-state index is 12.0. The minimum atomic E-state index is -0.114. The summed E-state index contributed by atoms with van der Waals surface area (Å²) in [6, 6.07) is 5.61. The molecule has 0 fully saturated rings. The second-order valence-corrected chi connectivity index (χ2v) is 4.69. The number of thiazole rings is 1. The van der Waals surface area contributed by atoms with Crippen molar-refractivity contribution >= 4 is 22.4 Å². The second-order valence-electron chi connectivity index (χ2n) is 3.69.